The molecule has 0 unspecified atom stereocenters. The molecule has 2 aromatic heterocycles. The summed E-state index contributed by atoms with van der Waals surface area (Å²) in [4.78, 5) is 40.5. The van der Waals surface area contributed by atoms with Crippen molar-refractivity contribution in [2.24, 2.45) is 0 Å². The highest BCUT2D eigenvalue weighted by Crippen LogP contribution is 2.28. The maximum atomic E-state index is 12.1. The lowest BCUT2D eigenvalue weighted by atomic mass is 10.1. The molecule has 10 nitrogen and oxygen atoms in total. The maximum Gasteiger partial charge on any atom is 0.272 e. The lowest BCUT2D eigenvalue weighted by Crippen LogP contribution is -2.47. The molecule has 1 saturated heterocycles. The van der Waals surface area contributed by atoms with Gasteiger partial charge in [0.2, 0.25) is 0 Å². The van der Waals surface area contributed by atoms with Crippen LogP contribution in [-0.4, -0.2) is 65.8 Å². The van der Waals surface area contributed by atoms with Crippen molar-refractivity contribution in [2.45, 2.75) is 32.8 Å². The first-order valence-electron chi connectivity index (χ1n) is 12.6. The zero-order chi connectivity index (χ0) is 25.9. The minimum Gasteiger partial charge on any atom is -0.491 e. The molecule has 1 aliphatic rings. The number of piperazine rings is 1. The van der Waals surface area contributed by atoms with Gasteiger partial charge in [-0.3, -0.25) is 14.5 Å². The molecule has 4 aromatic rings. The zero-order valence-corrected chi connectivity index (χ0v) is 21.4. The van der Waals surface area contributed by atoms with Crippen molar-refractivity contribution in [1.29, 1.82) is 0 Å². The highest BCUT2D eigenvalue weighted by atomic mass is 16.5. The van der Waals surface area contributed by atoms with Gasteiger partial charge in [0.05, 0.1) is 19.4 Å². The fourth-order valence-corrected chi connectivity index (χ4v) is 4.81. The van der Waals surface area contributed by atoms with Crippen LogP contribution in [0.3, 0.4) is 0 Å². The SMILES string of the molecule is COc1cncnc1N1CCN(CCCc2c[nH]c3ccc(Nc4c(OC(C)C)c(=O)c4=O)cc23)CC1. The normalized spacial score (nSPS) is 14.5. The summed E-state index contributed by atoms with van der Waals surface area (Å²) in [6.45, 7) is 8.40. The molecule has 0 atom stereocenters. The highest BCUT2D eigenvalue weighted by Gasteiger charge is 2.24. The van der Waals surface area contributed by atoms with Gasteiger partial charge in [-0.05, 0) is 57.0 Å². The summed E-state index contributed by atoms with van der Waals surface area (Å²) >= 11 is 0. The number of aromatic amines is 1. The Labute approximate surface area is 214 Å². The number of aromatic nitrogens is 3. The van der Waals surface area contributed by atoms with Gasteiger partial charge in [-0.1, -0.05) is 0 Å². The van der Waals surface area contributed by atoms with Crippen LogP contribution in [0.15, 0.2) is 46.5 Å². The molecule has 1 fully saturated rings. The van der Waals surface area contributed by atoms with Crippen molar-refractivity contribution in [3.05, 3.63) is 62.9 Å². The molecule has 0 saturated carbocycles. The van der Waals surface area contributed by atoms with Crippen molar-refractivity contribution in [1.82, 2.24) is 19.9 Å². The maximum absolute atomic E-state index is 12.1. The van der Waals surface area contributed by atoms with Crippen LogP contribution in [0.25, 0.3) is 10.9 Å². The predicted molar refractivity (Wildman–Crippen MR) is 144 cm³/mol. The first kappa shape index (κ1) is 24.8. The average molecular weight is 505 g/mol. The van der Waals surface area contributed by atoms with Gasteiger partial charge in [-0.25, -0.2) is 9.97 Å². The minimum absolute atomic E-state index is 0.118. The van der Waals surface area contributed by atoms with E-state index >= 15 is 0 Å². The molecular formula is C27H32N6O4. The molecular weight excluding hydrogens is 472 g/mol. The molecule has 0 spiro atoms. The van der Waals surface area contributed by atoms with E-state index in [1.165, 1.54) is 5.56 Å². The summed E-state index contributed by atoms with van der Waals surface area (Å²) in [5.41, 5.74) is 2.14. The van der Waals surface area contributed by atoms with Gasteiger partial charge < -0.3 is 24.7 Å². The van der Waals surface area contributed by atoms with Gasteiger partial charge in [0.15, 0.2) is 17.3 Å². The number of nitrogens with one attached hydrogen (secondary N) is 2. The number of methoxy groups -OCH3 is 1. The Hall–Kier alpha value is -3.92. The quantitative estimate of drug-likeness (QED) is 0.315. The Morgan fingerprint density at radius 1 is 1.14 bits per heavy atom. The highest BCUT2D eigenvalue weighted by molar-refractivity contribution is 5.87. The summed E-state index contributed by atoms with van der Waals surface area (Å²) in [5, 5.41) is 4.20. The number of fused-ring (bicyclic) bond motifs is 1. The second-order valence-electron chi connectivity index (χ2n) is 9.58. The molecule has 2 N–H and O–H groups in total. The fraction of sp³-hybridized carbons (Fsp3) is 0.407. The van der Waals surface area contributed by atoms with Gasteiger partial charge in [0.1, 0.15) is 12.0 Å². The largest absolute Gasteiger partial charge is 0.491 e. The van der Waals surface area contributed by atoms with Gasteiger partial charge in [0, 0.05) is 49.0 Å². The third-order valence-electron chi connectivity index (χ3n) is 6.73. The van der Waals surface area contributed by atoms with Gasteiger partial charge in [-0.15, -0.1) is 0 Å². The Morgan fingerprint density at radius 3 is 2.70 bits per heavy atom. The monoisotopic (exact) mass is 504 g/mol. The second kappa shape index (κ2) is 10.6. The van der Waals surface area contributed by atoms with Crippen LogP contribution in [0.4, 0.5) is 17.2 Å². The fourth-order valence-electron chi connectivity index (χ4n) is 4.81. The Kier molecular flexibility index (Phi) is 7.09. The third kappa shape index (κ3) is 5.15. The number of aryl methyl sites for hydroxylation is 1. The number of anilines is 3. The molecule has 0 bridgehead atoms. The summed E-state index contributed by atoms with van der Waals surface area (Å²) in [5.74, 6) is 1.68. The molecule has 0 radical (unpaired) electrons. The number of ether oxygens (including phenoxy) is 2. The van der Waals surface area contributed by atoms with Crippen LogP contribution < -0.4 is 30.5 Å². The predicted octanol–water partition coefficient (Wildman–Crippen LogP) is 2.85. The van der Waals surface area contributed by atoms with Crippen LogP contribution >= 0.6 is 0 Å². The molecule has 1 aliphatic heterocycles. The average Bonchev–Trinajstić information content (AvgIpc) is 3.32. The number of H-pyrrole nitrogens is 1. The van der Waals surface area contributed by atoms with E-state index in [0.717, 1.165) is 68.0 Å². The van der Waals surface area contributed by atoms with Crippen LogP contribution in [-0.2, 0) is 6.42 Å². The lowest BCUT2D eigenvalue weighted by Gasteiger charge is -2.35. The molecule has 194 valence electrons. The molecule has 0 amide bonds. The van der Waals surface area contributed by atoms with Gasteiger partial charge >= 0.3 is 0 Å². The summed E-state index contributed by atoms with van der Waals surface area (Å²) in [6.07, 6.45) is 7.11. The number of nitrogens with zero attached hydrogens (tertiary/aromatic N) is 4. The molecule has 3 heterocycles. The standard InChI is InChI=1S/C27H32N6O4/c1-17(2)37-26-23(24(34)25(26)35)31-19-6-7-21-20(13-19)18(14-29-21)5-4-8-32-9-11-33(12-10-32)27-22(36-3)15-28-16-30-27/h6-7,13-17,29,31H,4-5,8-12H2,1-3H3. The van der Waals surface area contributed by atoms with Crippen molar-refractivity contribution in [2.75, 3.05) is 50.1 Å². The van der Waals surface area contributed by atoms with Gasteiger partial charge in [-0.2, -0.15) is 0 Å². The lowest BCUT2D eigenvalue weighted by molar-refractivity contribution is 0.239. The smallest absolute Gasteiger partial charge is 0.272 e. The van der Waals surface area contributed by atoms with Crippen molar-refractivity contribution in [3.8, 4) is 11.5 Å². The van der Waals surface area contributed by atoms with Gasteiger partial charge in [0.25, 0.3) is 10.9 Å². The molecule has 10 heteroatoms. The van der Waals surface area contributed by atoms with E-state index in [0.29, 0.717) is 5.75 Å². The first-order chi connectivity index (χ1) is 17.9. The minimum atomic E-state index is -0.573. The summed E-state index contributed by atoms with van der Waals surface area (Å²) < 4.78 is 10.9. The Balaban J connectivity index is 1.18. The van der Waals surface area contributed by atoms with E-state index in [1.54, 1.807) is 19.6 Å². The van der Waals surface area contributed by atoms with E-state index in [-0.39, 0.29) is 17.5 Å². The topological polar surface area (TPSA) is 113 Å². The van der Waals surface area contributed by atoms with E-state index < -0.39 is 10.9 Å². The van der Waals surface area contributed by atoms with Crippen molar-refractivity contribution >= 4 is 28.1 Å². The van der Waals surface area contributed by atoms with Crippen LogP contribution in [0.5, 0.6) is 11.5 Å². The number of rotatable bonds is 10. The Morgan fingerprint density at radius 2 is 1.95 bits per heavy atom. The van der Waals surface area contributed by atoms with E-state index in [2.05, 4.69) is 36.3 Å². The molecule has 5 rings (SSSR count). The first-order valence-corrected chi connectivity index (χ1v) is 12.6. The van der Waals surface area contributed by atoms with E-state index in [1.807, 2.05) is 32.0 Å². The summed E-state index contributed by atoms with van der Waals surface area (Å²) in [7, 11) is 1.64. The third-order valence-corrected chi connectivity index (χ3v) is 6.73. The number of hydrogen-bond donors (Lipinski definition) is 2. The molecule has 37 heavy (non-hydrogen) atoms. The number of hydrogen-bond acceptors (Lipinski definition) is 9. The van der Waals surface area contributed by atoms with Crippen LogP contribution in [0.2, 0.25) is 0 Å². The van der Waals surface area contributed by atoms with E-state index in [9.17, 15) is 9.59 Å². The van der Waals surface area contributed by atoms with Crippen molar-refractivity contribution < 1.29 is 9.47 Å². The van der Waals surface area contributed by atoms with E-state index in [4.69, 9.17) is 9.47 Å². The Bertz CT molecular complexity index is 1450. The zero-order valence-electron chi connectivity index (χ0n) is 21.4. The molecule has 2 aromatic carbocycles. The van der Waals surface area contributed by atoms with Crippen LogP contribution in [0.1, 0.15) is 25.8 Å². The summed E-state index contributed by atoms with van der Waals surface area (Å²) in [6, 6.07) is 5.90. The van der Waals surface area contributed by atoms with Crippen molar-refractivity contribution in [3.63, 3.8) is 0 Å². The second-order valence-corrected chi connectivity index (χ2v) is 9.58. The van der Waals surface area contributed by atoms with Crippen LogP contribution in [0, 0.1) is 0 Å². The molecule has 0 aliphatic carbocycles. The number of benzene rings is 1.